The van der Waals surface area contributed by atoms with Gasteiger partial charge in [-0.05, 0) is 89.9 Å². The molecule has 0 saturated carbocycles. The lowest BCUT2D eigenvalue weighted by Crippen LogP contribution is -2.44. The van der Waals surface area contributed by atoms with Gasteiger partial charge in [0.1, 0.15) is 22.5 Å². The van der Waals surface area contributed by atoms with Crippen LogP contribution in [0.3, 0.4) is 0 Å². The summed E-state index contributed by atoms with van der Waals surface area (Å²) >= 11 is 3.23. The van der Waals surface area contributed by atoms with Gasteiger partial charge >= 0.3 is 18.3 Å². The number of benzene rings is 1. The van der Waals surface area contributed by atoms with Crippen molar-refractivity contribution in [1.29, 1.82) is 0 Å². The summed E-state index contributed by atoms with van der Waals surface area (Å²) in [4.78, 5) is 65.5. The maximum absolute atomic E-state index is 13.6. The van der Waals surface area contributed by atoms with Crippen LogP contribution in [0.5, 0.6) is 0 Å². The van der Waals surface area contributed by atoms with E-state index in [1.54, 1.807) is 81.5 Å². The second kappa shape index (κ2) is 14.4. The highest BCUT2D eigenvalue weighted by atomic mass is 79.9. The molecule has 3 heterocycles. The number of nitrogens with zero attached hydrogens (tertiary/aromatic N) is 5. The van der Waals surface area contributed by atoms with Gasteiger partial charge in [0.15, 0.2) is 17.3 Å². The van der Waals surface area contributed by atoms with Crippen molar-refractivity contribution in [1.82, 2.24) is 25.0 Å². The lowest BCUT2D eigenvalue weighted by molar-refractivity contribution is 0.0283. The Labute approximate surface area is 298 Å². The zero-order valence-electron chi connectivity index (χ0n) is 29.7. The number of carbonyl (C=O) groups excluding carboxylic acids is 3. The predicted octanol–water partition coefficient (Wildman–Crippen LogP) is 7.96. The lowest BCUT2D eigenvalue weighted by atomic mass is 10.1. The molecule has 0 spiro atoms. The van der Waals surface area contributed by atoms with Gasteiger partial charge in [0, 0.05) is 37.0 Å². The van der Waals surface area contributed by atoms with Gasteiger partial charge in [0.05, 0.1) is 16.4 Å². The van der Waals surface area contributed by atoms with E-state index in [1.807, 2.05) is 24.3 Å². The highest BCUT2D eigenvalue weighted by molar-refractivity contribution is 9.10. The van der Waals surface area contributed by atoms with E-state index >= 15 is 0 Å². The molecular formula is C35H41BrN6O8. The number of hydrogen-bond acceptors (Lipinski definition) is 11. The number of anilines is 1. The summed E-state index contributed by atoms with van der Waals surface area (Å²) in [6.45, 7) is 15.7. The molecule has 4 rings (SSSR count). The predicted molar refractivity (Wildman–Crippen MR) is 189 cm³/mol. The monoisotopic (exact) mass is 752 g/mol. The molecule has 3 aromatic heterocycles. The molecule has 0 saturated heterocycles. The van der Waals surface area contributed by atoms with Gasteiger partial charge in [-0.3, -0.25) is 4.79 Å². The van der Waals surface area contributed by atoms with E-state index in [1.165, 1.54) is 17.3 Å². The second-order valence-electron chi connectivity index (χ2n) is 14.4. The van der Waals surface area contributed by atoms with Crippen LogP contribution in [0.4, 0.5) is 20.2 Å². The van der Waals surface area contributed by atoms with Gasteiger partial charge < -0.3 is 28.6 Å². The van der Waals surface area contributed by atoms with Crippen LogP contribution in [0.2, 0.25) is 0 Å². The molecule has 4 aromatic rings. The number of ether oxygens (including phenoxy) is 3. The highest BCUT2D eigenvalue weighted by Gasteiger charge is 2.37. The van der Waals surface area contributed by atoms with Crippen LogP contribution >= 0.6 is 15.9 Å². The molecular weight excluding hydrogens is 712 g/mol. The normalized spacial score (nSPS) is 11.9. The van der Waals surface area contributed by atoms with Crippen LogP contribution in [0.25, 0.3) is 34.0 Å². The fourth-order valence-electron chi connectivity index (χ4n) is 4.30. The number of H-pyrrole nitrogens is 1. The Morgan fingerprint density at radius 3 is 1.92 bits per heavy atom. The fourth-order valence-corrected chi connectivity index (χ4v) is 4.66. The molecule has 0 aliphatic carbocycles. The molecule has 1 N–H and O–H groups in total. The van der Waals surface area contributed by atoms with Crippen LogP contribution in [0.15, 0.2) is 62.6 Å². The Morgan fingerprint density at radius 1 is 0.820 bits per heavy atom. The van der Waals surface area contributed by atoms with Crippen molar-refractivity contribution in [3.63, 3.8) is 0 Å². The number of nitrogens with one attached hydrogen (secondary N) is 1. The second-order valence-corrected chi connectivity index (χ2v) is 15.3. The van der Waals surface area contributed by atoms with E-state index in [0.717, 1.165) is 5.56 Å². The zero-order chi connectivity index (χ0) is 37.2. The molecule has 0 atom stereocenters. The molecule has 1 aromatic carbocycles. The van der Waals surface area contributed by atoms with Crippen molar-refractivity contribution in [2.45, 2.75) is 85.7 Å². The summed E-state index contributed by atoms with van der Waals surface area (Å²) in [5, 5.41) is 4.23. The Bertz CT molecular complexity index is 1910. The molecule has 14 nitrogen and oxygen atoms in total. The number of hydrogen-bond donors (Lipinski definition) is 1. The number of aromatic amines is 1. The molecule has 266 valence electrons. The molecule has 50 heavy (non-hydrogen) atoms. The quantitative estimate of drug-likeness (QED) is 0.190. The van der Waals surface area contributed by atoms with Crippen molar-refractivity contribution in [2.24, 2.45) is 0 Å². The molecule has 0 unspecified atom stereocenters. The van der Waals surface area contributed by atoms with Gasteiger partial charge in [-0.25, -0.2) is 24.4 Å². The summed E-state index contributed by atoms with van der Waals surface area (Å²) in [6.07, 6.45) is 0.253. The van der Waals surface area contributed by atoms with Crippen molar-refractivity contribution >= 4 is 40.0 Å². The van der Waals surface area contributed by atoms with Gasteiger partial charge in [0.25, 0.3) is 5.56 Å². The summed E-state index contributed by atoms with van der Waals surface area (Å²) in [5.41, 5.74) is -0.233. The SMILES string of the molecule is CN(Cc1ccc(-c2cc(-c3nc(-c4c[nH]c(=O)c(Br)c4)cnc3N(C(=O)OC(C)(C)C)C(=O)OC(C)(C)C)on2)cc1)C(=O)OC(C)(C)C. The summed E-state index contributed by atoms with van der Waals surface area (Å²) < 4.78 is 22.6. The summed E-state index contributed by atoms with van der Waals surface area (Å²) in [5.74, 6) is -0.164. The molecule has 0 fully saturated rings. The maximum Gasteiger partial charge on any atom is 0.425 e. The average molecular weight is 754 g/mol. The molecule has 0 aliphatic heterocycles. The molecule has 0 radical (unpaired) electrons. The van der Waals surface area contributed by atoms with Crippen LogP contribution in [-0.2, 0) is 20.8 Å². The highest BCUT2D eigenvalue weighted by Crippen LogP contribution is 2.34. The first kappa shape index (κ1) is 37.8. The third-order valence-electron chi connectivity index (χ3n) is 6.39. The smallest absolute Gasteiger partial charge is 0.425 e. The van der Waals surface area contributed by atoms with Gasteiger partial charge in [-0.1, -0.05) is 29.4 Å². The Hall–Kier alpha value is -5.05. The molecule has 15 heteroatoms. The number of aromatic nitrogens is 4. The van der Waals surface area contributed by atoms with E-state index in [9.17, 15) is 19.2 Å². The van der Waals surface area contributed by atoms with Gasteiger partial charge in [-0.15, -0.1) is 0 Å². The first-order valence-electron chi connectivity index (χ1n) is 15.6. The van der Waals surface area contributed by atoms with E-state index in [0.29, 0.717) is 28.3 Å². The third kappa shape index (κ3) is 10.00. The number of pyridine rings is 1. The number of amides is 3. The van der Waals surface area contributed by atoms with Crippen LogP contribution in [-0.4, -0.2) is 67.1 Å². The van der Waals surface area contributed by atoms with E-state index in [4.69, 9.17) is 23.7 Å². The van der Waals surface area contributed by atoms with Crippen molar-refractivity contribution in [3.8, 4) is 34.0 Å². The topological polar surface area (TPSA) is 170 Å². The van der Waals surface area contributed by atoms with E-state index < -0.39 is 35.1 Å². The maximum atomic E-state index is 13.6. The van der Waals surface area contributed by atoms with E-state index in [-0.39, 0.29) is 33.0 Å². The zero-order valence-corrected chi connectivity index (χ0v) is 31.3. The number of imide groups is 1. The number of halogens is 1. The van der Waals surface area contributed by atoms with E-state index in [2.05, 4.69) is 31.1 Å². The molecule has 0 bridgehead atoms. The minimum atomic E-state index is -1.05. The minimum Gasteiger partial charge on any atom is -0.444 e. The third-order valence-corrected chi connectivity index (χ3v) is 6.98. The first-order valence-corrected chi connectivity index (χ1v) is 16.4. The Kier molecular flexibility index (Phi) is 10.9. The number of rotatable bonds is 6. The van der Waals surface area contributed by atoms with Crippen molar-refractivity contribution < 1.29 is 33.1 Å². The van der Waals surface area contributed by atoms with Crippen LogP contribution < -0.4 is 10.5 Å². The first-order chi connectivity index (χ1) is 23.1. The average Bonchev–Trinajstić information content (AvgIpc) is 3.47. The fraction of sp³-hybridized carbons (Fsp3) is 0.400. The molecule has 0 aliphatic rings. The van der Waals surface area contributed by atoms with Crippen LogP contribution in [0.1, 0.15) is 67.9 Å². The standard InChI is InChI=1S/C35H41BrN6O8/c1-33(2,3)47-30(44)41(10)19-20-11-13-21(14-12-20)24-16-26(50-40-24)27-28(37-18-25(39-27)22-15-23(36)29(43)38-17-22)42(31(45)48-34(4,5)6)32(46)49-35(7,8)9/h11-18H,19H2,1-10H3,(H,38,43). The Balaban J connectivity index is 1.77. The van der Waals surface area contributed by atoms with Crippen molar-refractivity contribution in [3.05, 3.63) is 69.2 Å². The van der Waals surface area contributed by atoms with Gasteiger partial charge in [-0.2, -0.15) is 4.90 Å². The largest absolute Gasteiger partial charge is 0.444 e. The minimum absolute atomic E-state index is 0.0316. The lowest BCUT2D eigenvalue weighted by Gasteiger charge is -2.28. The van der Waals surface area contributed by atoms with Crippen molar-refractivity contribution in [2.75, 3.05) is 11.9 Å². The Morgan fingerprint density at radius 2 is 1.38 bits per heavy atom. The van der Waals surface area contributed by atoms with Crippen LogP contribution in [0, 0.1) is 0 Å². The molecule has 3 amide bonds. The summed E-state index contributed by atoms with van der Waals surface area (Å²) in [6, 6.07) is 10.5. The van der Waals surface area contributed by atoms with Gasteiger partial charge in [0.2, 0.25) is 0 Å². The number of carbonyl (C=O) groups is 3. The summed E-state index contributed by atoms with van der Waals surface area (Å²) in [7, 11) is 1.66.